The van der Waals surface area contributed by atoms with Crippen molar-refractivity contribution in [1.29, 1.82) is 0 Å². The predicted octanol–water partition coefficient (Wildman–Crippen LogP) is 6.76. The lowest BCUT2D eigenvalue weighted by molar-refractivity contribution is 0.284. The van der Waals surface area contributed by atoms with Crippen LogP contribution in [0.1, 0.15) is 22.5 Å². The number of rotatable bonds is 9. The van der Waals surface area contributed by atoms with Crippen LogP contribution in [0.4, 0.5) is 0 Å². The Balaban J connectivity index is 1.53. The standard InChI is InChI=1S/C25H22BrClN4O2S/c1-17-29-30-25(34-16-19-6-10-21(26)11-7-19)31(17)28-14-20-4-3-5-23(32-2)24(20)33-15-18-8-12-22(27)13-9-18/h3-14H,15-16H2,1-2H3/b28-14+. The summed E-state index contributed by atoms with van der Waals surface area (Å²) in [6.07, 6.45) is 1.74. The lowest BCUT2D eigenvalue weighted by Gasteiger charge is -2.13. The van der Waals surface area contributed by atoms with Gasteiger partial charge in [0.2, 0.25) is 5.16 Å². The van der Waals surface area contributed by atoms with Gasteiger partial charge in [0.25, 0.3) is 0 Å². The Hall–Kier alpha value is -2.81. The summed E-state index contributed by atoms with van der Waals surface area (Å²) in [4.78, 5) is 0. The first-order valence-electron chi connectivity index (χ1n) is 10.4. The van der Waals surface area contributed by atoms with Gasteiger partial charge >= 0.3 is 0 Å². The van der Waals surface area contributed by atoms with Crippen LogP contribution in [-0.4, -0.2) is 28.2 Å². The molecule has 34 heavy (non-hydrogen) atoms. The molecule has 6 nitrogen and oxygen atoms in total. The number of para-hydroxylation sites is 1. The molecule has 0 radical (unpaired) electrons. The van der Waals surface area contributed by atoms with Crippen molar-refractivity contribution in [3.63, 3.8) is 0 Å². The van der Waals surface area contributed by atoms with Gasteiger partial charge < -0.3 is 9.47 Å². The Bertz CT molecular complexity index is 1280. The van der Waals surface area contributed by atoms with Crippen molar-refractivity contribution in [3.8, 4) is 11.5 Å². The molecule has 174 valence electrons. The number of hydrogen-bond donors (Lipinski definition) is 0. The van der Waals surface area contributed by atoms with E-state index in [1.165, 1.54) is 5.56 Å². The van der Waals surface area contributed by atoms with Crippen LogP contribution in [0.5, 0.6) is 11.5 Å². The molecule has 4 aromatic rings. The molecule has 1 heterocycles. The van der Waals surface area contributed by atoms with E-state index >= 15 is 0 Å². The van der Waals surface area contributed by atoms with E-state index in [-0.39, 0.29) is 0 Å². The molecule has 0 atom stereocenters. The second-order valence-corrected chi connectivity index (χ2v) is 9.59. The molecule has 1 aromatic heterocycles. The molecule has 3 aromatic carbocycles. The van der Waals surface area contributed by atoms with E-state index in [0.29, 0.717) is 34.1 Å². The minimum Gasteiger partial charge on any atom is -0.493 e. The molecule has 0 aliphatic heterocycles. The van der Waals surface area contributed by atoms with Crippen LogP contribution in [0.3, 0.4) is 0 Å². The zero-order valence-corrected chi connectivity index (χ0v) is 21.8. The first kappa shape index (κ1) is 24.3. The highest BCUT2D eigenvalue weighted by Gasteiger charge is 2.12. The Labute approximate surface area is 216 Å². The first-order valence-corrected chi connectivity index (χ1v) is 12.6. The zero-order valence-electron chi connectivity index (χ0n) is 18.6. The van der Waals surface area contributed by atoms with Gasteiger partial charge in [-0.05, 0) is 54.4 Å². The molecule has 0 saturated carbocycles. The summed E-state index contributed by atoms with van der Waals surface area (Å²) in [6, 6.07) is 21.4. The Kier molecular flexibility index (Phi) is 8.26. The van der Waals surface area contributed by atoms with E-state index in [1.54, 1.807) is 29.8 Å². The van der Waals surface area contributed by atoms with Gasteiger partial charge in [-0.2, -0.15) is 9.78 Å². The van der Waals surface area contributed by atoms with Crippen LogP contribution in [0.2, 0.25) is 5.02 Å². The van der Waals surface area contributed by atoms with Crippen LogP contribution in [0.25, 0.3) is 0 Å². The molecule has 0 N–H and O–H groups in total. The van der Waals surface area contributed by atoms with Crippen molar-refractivity contribution < 1.29 is 9.47 Å². The molecular weight excluding hydrogens is 536 g/mol. The summed E-state index contributed by atoms with van der Waals surface area (Å²) < 4.78 is 14.4. The highest BCUT2D eigenvalue weighted by atomic mass is 79.9. The van der Waals surface area contributed by atoms with E-state index < -0.39 is 0 Å². The molecule has 0 aliphatic carbocycles. The molecule has 0 fully saturated rings. The Morgan fingerprint density at radius 3 is 2.50 bits per heavy atom. The third-order valence-electron chi connectivity index (χ3n) is 4.89. The summed E-state index contributed by atoms with van der Waals surface area (Å²) in [5, 5.41) is 14.5. The highest BCUT2D eigenvalue weighted by molar-refractivity contribution is 9.10. The monoisotopic (exact) mass is 556 g/mol. The number of thioether (sulfide) groups is 1. The number of aromatic nitrogens is 3. The maximum absolute atomic E-state index is 6.12. The van der Waals surface area contributed by atoms with E-state index in [1.807, 2.05) is 61.5 Å². The number of benzene rings is 3. The smallest absolute Gasteiger partial charge is 0.212 e. The van der Waals surface area contributed by atoms with Crippen molar-refractivity contribution in [2.45, 2.75) is 24.4 Å². The van der Waals surface area contributed by atoms with Crippen LogP contribution < -0.4 is 9.47 Å². The SMILES string of the molecule is COc1cccc(/C=N/n2c(C)nnc2SCc2ccc(Br)cc2)c1OCc1ccc(Cl)cc1. The molecule has 0 aliphatic rings. The van der Waals surface area contributed by atoms with E-state index in [0.717, 1.165) is 21.4 Å². The number of ether oxygens (including phenoxy) is 2. The topological polar surface area (TPSA) is 61.5 Å². The minimum atomic E-state index is 0.373. The summed E-state index contributed by atoms with van der Waals surface area (Å²) in [5.74, 6) is 2.69. The summed E-state index contributed by atoms with van der Waals surface area (Å²) >= 11 is 11.0. The zero-order chi connectivity index (χ0) is 23.9. The number of aryl methyl sites for hydroxylation is 1. The van der Waals surface area contributed by atoms with E-state index in [4.69, 9.17) is 21.1 Å². The largest absolute Gasteiger partial charge is 0.493 e. The number of nitrogens with zero attached hydrogens (tertiary/aromatic N) is 4. The average molecular weight is 558 g/mol. The van der Waals surface area contributed by atoms with Crippen LogP contribution >= 0.6 is 39.3 Å². The fourth-order valence-corrected chi connectivity index (χ4v) is 4.37. The lowest BCUT2D eigenvalue weighted by Crippen LogP contribution is -2.02. The van der Waals surface area contributed by atoms with Crippen molar-refractivity contribution in [1.82, 2.24) is 14.9 Å². The van der Waals surface area contributed by atoms with Crippen LogP contribution in [-0.2, 0) is 12.4 Å². The van der Waals surface area contributed by atoms with Crippen molar-refractivity contribution in [2.24, 2.45) is 5.10 Å². The Morgan fingerprint density at radius 2 is 1.76 bits per heavy atom. The van der Waals surface area contributed by atoms with Gasteiger partial charge in [-0.25, -0.2) is 0 Å². The van der Waals surface area contributed by atoms with Gasteiger partial charge in [0.1, 0.15) is 6.61 Å². The van der Waals surface area contributed by atoms with E-state index in [2.05, 4.69) is 43.4 Å². The first-order chi connectivity index (χ1) is 16.5. The fourth-order valence-electron chi connectivity index (χ4n) is 3.10. The molecule has 0 bridgehead atoms. The van der Waals surface area contributed by atoms with Crippen LogP contribution in [0, 0.1) is 6.92 Å². The maximum atomic E-state index is 6.12. The summed E-state index contributed by atoms with van der Waals surface area (Å²) in [7, 11) is 1.62. The van der Waals surface area contributed by atoms with Gasteiger partial charge in [-0.15, -0.1) is 10.2 Å². The lowest BCUT2D eigenvalue weighted by atomic mass is 10.2. The van der Waals surface area contributed by atoms with Gasteiger partial charge in [0, 0.05) is 20.8 Å². The number of halogens is 2. The molecule has 0 saturated heterocycles. The number of hydrogen-bond acceptors (Lipinski definition) is 6. The average Bonchev–Trinajstić information content (AvgIpc) is 3.21. The summed E-state index contributed by atoms with van der Waals surface area (Å²) in [5.41, 5.74) is 2.97. The predicted molar refractivity (Wildman–Crippen MR) is 140 cm³/mol. The molecular formula is C25H22BrClN4O2S. The minimum absolute atomic E-state index is 0.373. The van der Waals surface area contributed by atoms with Crippen molar-refractivity contribution in [3.05, 3.63) is 98.7 Å². The van der Waals surface area contributed by atoms with Crippen molar-refractivity contribution in [2.75, 3.05) is 7.11 Å². The summed E-state index contributed by atoms with van der Waals surface area (Å²) in [6.45, 7) is 2.25. The van der Waals surface area contributed by atoms with Gasteiger partial charge in [0.15, 0.2) is 17.3 Å². The molecule has 4 rings (SSSR count). The van der Waals surface area contributed by atoms with Crippen molar-refractivity contribution >= 4 is 45.5 Å². The van der Waals surface area contributed by atoms with Gasteiger partial charge in [-0.3, -0.25) is 0 Å². The second-order valence-electron chi connectivity index (χ2n) is 7.30. The third-order valence-corrected chi connectivity index (χ3v) is 6.66. The Morgan fingerprint density at radius 1 is 1.03 bits per heavy atom. The molecule has 9 heteroatoms. The maximum Gasteiger partial charge on any atom is 0.212 e. The van der Waals surface area contributed by atoms with Gasteiger partial charge in [0.05, 0.1) is 13.3 Å². The van der Waals surface area contributed by atoms with Gasteiger partial charge in [-0.1, -0.05) is 69.6 Å². The molecule has 0 unspecified atom stereocenters. The highest BCUT2D eigenvalue weighted by Crippen LogP contribution is 2.31. The molecule has 0 spiro atoms. The van der Waals surface area contributed by atoms with Crippen LogP contribution in [0.15, 0.2) is 81.5 Å². The quantitative estimate of drug-likeness (QED) is 0.168. The normalized spacial score (nSPS) is 11.2. The number of methoxy groups -OCH3 is 1. The fraction of sp³-hybridized carbons (Fsp3) is 0.160. The second kappa shape index (κ2) is 11.6. The van der Waals surface area contributed by atoms with E-state index in [9.17, 15) is 0 Å². The molecule has 0 amide bonds. The third kappa shape index (κ3) is 6.20.